The molecule has 3 aromatic heterocycles. The van der Waals surface area contributed by atoms with Gasteiger partial charge in [-0.2, -0.15) is 5.10 Å². The zero-order valence-corrected chi connectivity index (χ0v) is 18.3. The van der Waals surface area contributed by atoms with Crippen LogP contribution in [0, 0.1) is 5.92 Å². The Balaban J connectivity index is 1.72. The van der Waals surface area contributed by atoms with E-state index in [0.29, 0.717) is 30.8 Å². The molecule has 164 valence electrons. The number of carbonyl (C=O) groups excluding carboxylic acids is 1. The highest BCUT2D eigenvalue weighted by Crippen LogP contribution is 2.32. The summed E-state index contributed by atoms with van der Waals surface area (Å²) >= 11 is 0. The average Bonchev–Trinajstić information content (AvgIpc) is 3.18. The molecule has 9 nitrogen and oxygen atoms in total. The second kappa shape index (κ2) is 8.27. The molecule has 31 heavy (non-hydrogen) atoms. The number of nitrogens with zero attached hydrogens (tertiary/aromatic N) is 4. The van der Waals surface area contributed by atoms with Crippen LogP contribution >= 0.6 is 0 Å². The van der Waals surface area contributed by atoms with Gasteiger partial charge in [0.25, 0.3) is 5.91 Å². The van der Waals surface area contributed by atoms with Crippen LogP contribution in [0.15, 0.2) is 43.0 Å². The van der Waals surface area contributed by atoms with E-state index in [4.69, 9.17) is 5.73 Å². The number of nitrogens with two attached hydrogens (primary N) is 1. The maximum Gasteiger partial charge on any atom is 0.252 e. The maximum atomic E-state index is 12.2. The molecular formula is C21H26N6O3S. The third-order valence-corrected chi connectivity index (χ3v) is 7.21. The fourth-order valence-corrected chi connectivity index (χ4v) is 5.09. The van der Waals surface area contributed by atoms with Crippen LogP contribution in [0.4, 0.5) is 5.69 Å². The van der Waals surface area contributed by atoms with Gasteiger partial charge in [0, 0.05) is 43.3 Å². The molecule has 10 heteroatoms. The van der Waals surface area contributed by atoms with Gasteiger partial charge in [0.05, 0.1) is 29.2 Å². The van der Waals surface area contributed by atoms with Crippen LogP contribution < -0.4 is 11.1 Å². The summed E-state index contributed by atoms with van der Waals surface area (Å²) in [6, 6.07) is 5.78. The van der Waals surface area contributed by atoms with Gasteiger partial charge in [0.1, 0.15) is 0 Å². The molecule has 1 saturated heterocycles. The first-order valence-corrected chi connectivity index (χ1v) is 12.1. The highest BCUT2D eigenvalue weighted by Gasteiger charge is 2.33. The Morgan fingerprint density at radius 3 is 2.68 bits per heavy atom. The largest absolute Gasteiger partial charge is 0.379 e. The number of aromatic nitrogens is 3. The van der Waals surface area contributed by atoms with Crippen molar-refractivity contribution in [1.29, 1.82) is 0 Å². The van der Waals surface area contributed by atoms with E-state index in [1.165, 1.54) is 16.8 Å². The van der Waals surface area contributed by atoms with Crippen LogP contribution in [0.3, 0.4) is 0 Å². The first kappa shape index (κ1) is 21.3. The number of fused-ring (bicyclic) bond motifs is 1. The van der Waals surface area contributed by atoms with E-state index in [9.17, 15) is 13.2 Å². The second-order valence-corrected chi connectivity index (χ2v) is 9.90. The topological polar surface area (TPSA) is 123 Å². The minimum absolute atomic E-state index is 0.00609. The van der Waals surface area contributed by atoms with Crippen molar-refractivity contribution in [2.75, 3.05) is 24.7 Å². The summed E-state index contributed by atoms with van der Waals surface area (Å²) in [5, 5.41) is 7.87. The van der Waals surface area contributed by atoms with Gasteiger partial charge in [-0.1, -0.05) is 13.3 Å². The molecule has 0 spiro atoms. The Hall–Kier alpha value is -2.98. The number of amides is 1. The van der Waals surface area contributed by atoms with Gasteiger partial charge in [-0.05, 0) is 36.1 Å². The van der Waals surface area contributed by atoms with Gasteiger partial charge in [0.2, 0.25) is 10.0 Å². The van der Waals surface area contributed by atoms with E-state index in [2.05, 4.69) is 15.4 Å². The number of piperidine rings is 1. The summed E-state index contributed by atoms with van der Waals surface area (Å²) in [6.45, 7) is 2.92. The van der Waals surface area contributed by atoms with Gasteiger partial charge in [-0.3, -0.25) is 9.78 Å². The van der Waals surface area contributed by atoms with Crippen molar-refractivity contribution in [2.45, 2.75) is 25.8 Å². The molecule has 1 aliphatic heterocycles. The van der Waals surface area contributed by atoms with E-state index >= 15 is 0 Å². The molecule has 0 bridgehead atoms. The lowest BCUT2D eigenvalue weighted by Crippen LogP contribution is -2.48. The van der Waals surface area contributed by atoms with Crippen LogP contribution in [-0.4, -0.2) is 58.6 Å². The van der Waals surface area contributed by atoms with Crippen molar-refractivity contribution in [2.24, 2.45) is 11.7 Å². The van der Waals surface area contributed by atoms with E-state index in [1.54, 1.807) is 16.9 Å². The van der Waals surface area contributed by atoms with Crippen molar-refractivity contribution >= 4 is 27.1 Å². The Morgan fingerprint density at radius 2 is 2.03 bits per heavy atom. The summed E-state index contributed by atoms with van der Waals surface area (Å²) in [5.74, 6) is -0.460. The molecule has 0 radical (unpaired) electrons. The molecule has 0 aliphatic carbocycles. The number of rotatable bonds is 6. The monoisotopic (exact) mass is 442 g/mol. The Morgan fingerprint density at radius 1 is 1.29 bits per heavy atom. The zero-order valence-electron chi connectivity index (χ0n) is 17.5. The summed E-state index contributed by atoms with van der Waals surface area (Å²) in [6.07, 6.45) is 9.49. The van der Waals surface area contributed by atoms with Crippen LogP contribution in [0.25, 0.3) is 16.6 Å². The molecule has 3 aromatic rings. The van der Waals surface area contributed by atoms with Crippen molar-refractivity contribution < 1.29 is 13.2 Å². The summed E-state index contributed by atoms with van der Waals surface area (Å²) in [7, 11) is -3.24. The lowest BCUT2D eigenvalue weighted by Gasteiger charge is -2.38. The van der Waals surface area contributed by atoms with Gasteiger partial charge in [0.15, 0.2) is 0 Å². The molecule has 3 N–H and O–H groups in total. The lowest BCUT2D eigenvalue weighted by molar-refractivity contribution is 0.100. The molecule has 0 aromatic carbocycles. The van der Waals surface area contributed by atoms with Crippen molar-refractivity contribution in [3.8, 4) is 11.1 Å². The Bertz CT molecular complexity index is 1210. The minimum Gasteiger partial charge on any atom is -0.379 e. The van der Waals surface area contributed by atoms with E-state index < -0.39 is 15.9 Å². The number of hydrogen-bond acceptors (Lipinski definition) is 6. The highest BCUT2D eigenvalue weighted by molar-refractivity contribution is 7.88. The quantitative estimate of drug-likeness (QED) is 0.602. The predicted molar refractivity (Wildman–Crippen MR) is 119 cm³/mol. The smallest absolute Gasteiger partial charge is 0.252 e. The third kappa shape index (κ3) is 4.26. The lowest BCUT2D eigenvalue weighted by atomic mass is 9.90. The fourth-order valence-electron chi connectivity index (χ4n) is 4.19. The van der Waals surface area contributed by atoms with Gasteiger partial charge < -0.3 is 11.1 Å². The minimum atomic E-state index is -3.24. The number of carbonyl (C=O) groups is 1. The summed E-state index contributed by atoms with van der Waals surface area (Å²) in [5.41, 5.74) is 9.26. The third-order valence-electron chi connectivity index (χ3n) is 5.94. The molecular weight excluding hydrogens is 416 g/mol. The van der Waals surface area contributed by atoms with Crippen molar-refractivity contribution in [3.05, 3.63) is 48.5 Å². The Labute approximate surface area is 181 Å². The van der Waals surface area contributed by atoms with Crippen LogP contribution in [-0.2, 0) is 10.0 Å². The zero-order chi connectivity index (χ0) is 22.2. The molecule has 2 atom stereocenters. The number of primary amides is 1. The van der Waals surface area contributed by atoms with Crippen molar-refractivity contribution in [3.63, 3.8) is 0 Å². The fraction of sp³-hybridized carbons (Fsp3) is 0.381. The standard InChI is InChI=1S/C21H26N6O3S/c1-3-14-12-26(31(2,29)30)9-6-18(14)25-20-17(21(22)28)11-24-27-13-16(10-19(20)27)15-4-7-23-8-5-15/h4-5,7-8,10-11,13-14,18,25H,3,6,9,12H2,1-2H3,(H2,22,28)/t14-,18-/m1/s1. The van der Waals surface area contributed by atoms with Gasteiger partial charge >= 0.3 is 0 Å². The van der Waals surface area contributed by atoms with E-state index in [0.717, 1.165) is 23.1 Å². The van der Waals surface area contributed by atoms with E-state index in [1.807, 2.05) is 31.3 Å². The summed E-state index contributed by atoms with van der Waals surface area (Å²) in [4.78, 5) is 16.2. The van der Waals surface area contributed by atoms with E-state index in [-0.39, 0.29) is 12.0 Å². The van der Waals surface area contributed by atoms with Crippen LogP contribution in [0.2, 0.25) is 0 Å². The summed E-state index contributed by atoms with van der Waals surface area (Å²) < 4.78 is 27.2. The number of pyridine rings is 1. The maximum absolute atomic E-state index is 12.2. The number of sulfonamides is 1. The van der Waals surface area contributed by atoms with Crippen molar-refractivity contribution in [1.82, 2.24) is 18.9 Å². The highest BCUT2D eigenvalue weighted by atomic mass is 32.2. The molecule has 1 aliphatic rings. The molecule has 0 saturated carbocycles. The molecule has 1 amide bonds. The molecule has 0 unspecified atom stereocenters. The SMILES string of the molecule is CC[C@@H]1CN(S(C)(=O)=O)CC[C@H]1Nc1c(C(N)=O)cnn2cc(-c3ccncc3)cc12. The first-order chi connectivity index (χ1) is 14.8. The molecule has 1 fully saturated rings. The predicted octanol–water partition coefficient (Wildman–Crippen LogP) is 1.97. The van der Waals surface area contributed by atoms with Crippen LogP contribution in [0.5, 0.6) is 0 Å². The van der Waals surface area contributed by atoms with Gasteiger partial charge in [-0.15, -0.1) is 0 Å². The van der Waals surface area contributed by atoms with Crippen LogP contribution in [0.1, 0.15) is 30.1 Å². The number of nitrogens with one attached hydrogen (secondary N) is 1. The normalized spacial score (nSPS) is 20.1. The average molecular weight is 443 g/mol. The molecule has 4 rings (SSSR count). The Kier molecular flexibility index (Phi) is 5.67. The van der Waals surface area contributed by atoms with Gasteiger partial charge in [-0.25, -0.2) is 17.2 Å². The molecule has 4 heterocycles. The second-order valence-electron chi connectivity index (χ2n) is 7.92. The number of hydrogen-bond donors (Lipinski definition) is 2. The number of anilines is 1. The first-order valence-electron chi connectivity index (χ1n) is 10.2.